The first-order chi connectivity index (χ1) is 16.4. The van der Waals surface area contributed by atoms with Crippen LogP contribution in [0.15, 0.2) is 47.8 Å². The topological polar surface area (TPSA) is 84.0 Å². The fourth-order valence-electron chi connectivity index (χ4n) is 5.90. The lowest BCUT2D eigenvalue weighted by molar-refractivity contribution is -0.149. The molecule has 3 heterocycles. The lowest BCUT2D eigenvalue weighted by Crippen LogP contribution is -2.55. The minimum absolute atomic E-state index is 0.0516. The fourth-order valence-corrected chi connectivity index (χ4v) is 5.90. The zero-order valence-electron chi connectivity index (χ0n) is 19.7. The first-order valence-corrected chi connectivity index (χ1v) is 12.0. The number of amides is 1. The average molecular weight is 466 g/mol. The molecule has 2 aliphatic heterocycles. The number of likely N-dealkylation sites (tertiary alicyclic amines) is 2. The van der Waals surface area contributed by atoms with Gasteiger partial charge in [0.05, 0.1) is 5.71 Å². The minimum atomic E-state index is -1.78. The summed E-state index contributed by atoms with van der Waals surface area (Å²) in [4.78, 5) is 26.3. The van der Waals surface area contributed by atoms with Gasteiger partial charge in [0.2, 0.25) is 0 Å². The molecule has 1 amide bonds. The van der Waals surface area contributed by atoms with Gasteiger partial charge in [-0.25, -0.2) is 9.37 Å². The Morgan fingerprint density at radius 2 is 1.88 bits per heavy atom. The van der Waals surface area contributed by atoms with Crippen LogP contribution >= 0.6 is 0 Å². The van der Waals surface area contributed by atoms with Gasteiger partial charge in [0.25, 0.3) is 5.91 Å². The van der Waals surface area contributed by atoms with Crippen LogP contribution in [-0.2, 0) is 21.6 Å². The molecule has 2 fully saturated rings. The number of carbonyl (C=O) groups is 1. The molecule has 5 rings (SSSR count). The Bertz CT molecular complexity index is 1090. The number of hydrogen-bond acceptors (Lipinski definition) is 6. The van der Waals surface area contributed by atoms with Crippen LogP contribution in [0.1, 0.15) is 48.8 Å². The summed E-state index contributed by atoms with van der Waals surface area (Å²) in [6.07, 6.45) is 4.56. The molecule has 2 N–H and O–H groups in total. The van der Waals surface area contributed by atoms with Crippen LogP contribution in [0.2, 0.25) is 0 Å². The number of hydrogen-bond donors (Lipinski definition) is 1. The first kappa shape index (κ1) is 22.8. The van der Waals surface area contributed by atoms with Crippen molar-refractivity contribution >= 4 is 17.4 Å². The van der Waals surface area contributed by atoms with Crippen molar-refractivity contribution in [1.82, 2.24) is 14.8 Å². The molecule has 2 saturated heterocycles. The summed E-state index contributed by atoms with van der Waals surface area (Å²) in [5.74, 6) is 0.144. The van der Waals surface area contributed by atoms with E-state index in [9.17, 15) is 4.79 Å². The SMILES string of the molecule is CO/N=C1\CC2(CCN(C(=O)C3(F)CCN(Cc4ccnc(N)c4)CC3)CC2)c2ccccc21. The van der Waals surface area contributed by atoms with Crippen molar-refractivity contribution in [2.45, 2.75) is 49.7 Å². The van der Waals surface area contributed by atoms with Gasteiger partial charge in [0.1, 0.15) is 12.9 Å². The number of alkyl halides is 1. The van der Waals surface area contributed by atoms with E-state index in [0.717, 1.165) is 36.1 Å². The van der Waals surface area contributed by atoms with E-state index >= 15 is 4.39 Å². The van der Waals surface area contributed by atoms with Gasteiger partial charge in [-0.1, -0.05) is 29.4 Å². The summed E-state index contributed by atoms with van der Waals surface area (Å²) in [7, 11) is 1.57. The molecule has 7 nitrogen and oxygen atoms in total. The smallest absolute Gasteiger partial charge is 0.260 e. The minimum Gasteiger partial charge on any atom is -0.399 e. The first-order valence-electron chi connectivity index (χ1n) is 12.0. The van der Waals surface area contributed by atoms with Crippen LogP contribution in [0.4, 0.5) is 10.2 Å². The number of nitrogens with zero attached hydrogens (tertiary/aromatic N) is 4. The van der Waals surface area contributed by atoms with Crippen molar-refractivity contribution in [1.29, 1.82) is 0 Å². The lowest BCUT2D eigenvalue weighted by Gasteiger charge is -2.43. The maximum atomic E-state index is 15.8. The van der Waals surface area contributed by atoms with Crippen LogP contribution in [0.25, 0.3) is 0 Å². The third-order valence-corrected chi connectivity index (χ3v) is 7.81. The summed E-state index contributed by atoms with van der Waals surface area (Å²) in [5, 5.41) is 4.26. The second kappa shape index (κ2) is 8.98. The maximum absolute atomic E-state index is 15.8. The molecule has 0 saturated carbocycles. The zero-order valence-corrected chi connectivity index (χ0v) is 19.7. The van der Waals surface area contributed by atoms with Gasteiger partial charge >= 0.3 is 0 Å². The van der Waals surface area contributed by atoms with E-state index < -0.39 is 5.67 Å². The number of carbonyl (C=O) groups excluding carboxylic acids is 1. The van der Waals surface area contributed by atoms with Gasteiger partial charge in [0, 0.05) is 69.2 Å². The maximum Gasteiger partial charge on any atom is 0.260 e. The van der Waals surface area contributed by atoms with Crippen LogP contribution in [0.5, 0.6) is 0 Å². The highest BCUT2D eigenvalue weighted by molar-refractivity contribution is 6.06. The number of aromatic nitrogens is 1. The highest BCUT2D eigenvalue weighted by Crippen LogP contribution is 2.47. The Hall–Kier alpha value is -3.00. The van der Waals surface area contributed by atoms with E-state index in [-0.39, 0.29) is 24.2 Å². The van der Waals surface area contributed by atoms with E-state index in [0.29, 0.717) is 38.5 Å². The van der Waals surface area contributed by atoms with Crippen molar-refractivity contribution in [2.24, 2.45) is 5.16 Å². The quantitative estimate of drug-likeness (QED) is 0.701. The van der Waals surface area contributed by atoms with Crippen LogP contribution in [-0.4, -0.2) is 65.4 Å². The normalized spacial score (nSPS) is 22.6. The van der Waals surface area contributed by atoms with Crippen LogP contribution < -0.4 is 5.73 Å². The molecule has 2 aromatic rings. The molecule has 0 atom stereocenters. The second-order valence-electron chi connectivity index (χ2n) is 9.85. The Kier molecular flexibility index (Phi) is 6.02. The Morgan fingerprint density at radius 1 is 1.15 bits per heavy atom. The van der Waals surface area contributed by atoms with E-state index in [1.165, 1.54) is 5.56 Å². The second-order valence-corrected chi connectivity index (χ2v) is 9.85. The molecular formula is C26H32FN5O2. The van der Waals surface area contributed by atoms with Crippen molar-refractivity contribution in [2.75, 3.05) is 39.0 Å². The molecule has 3 aliphatic rings. The Labute approximate surface area is 199 Å². The molecular weight excluding hydrogens is 433 g/mol. The number of rotatable bonds is 4. The van der Waals surface area contributed by atoms with E-state index in [1.54, 1.807) is 18.2 Å². The number of nitrogens with two attached hydrogens (primary N) is 1. The molecule has 1 aromatic carbocycles. The molecule has 0 radical (unpaired) electrons. The summed E-state index contributed by atoms with van der Waals surface area (Å²) in [6, 6.07) is 12.1. The molecule has 1 aromatic heterocycles. The molecule has 0 bridgehead atoms. The Balaban J connectivity index is 1.21. The third-order valence-electron chi connectivity index (χ3n) is 7.81. The Morgan fingerprint density at radius 3 is 2.59 bits per heavy atom. The summed E-state index contributed by atoms with van der Waals surface area (Å²) < 4.78 is 15.8. The summed E-state index contributed by atoms with van der Waals surface area (Å²) in [5.41, 5.74) is 8.36. The number of piperidine rings is 2. The predicted octanol–water partition coefficient (Wildman–Crippen LogP) is 3.28. The van der Waals surface area contributed by atoms with Gasteiger partial charge in [-0.15, -0.1) is 0 Å². The number of oxime groups is 1. The van der Waals surface area contributed by atoms with Crippen molar-refractivity contribution in [3.63, 3.8) is 0 Å². The van der Waals surface area contributed by atoms with Gasteiger partial charge in [0.15, 0.2) is 5.67 Å². The zero-order chi connectivity index (χ0) is 23.8. The summed E-state index contributed by atoms with van der Waals surface area (Å²) >= 11 is 0. The molecule has 180 valence electrons. The number of pyridine rings is 1. The van der Waals surface area contributed by atoms with Gasteiger partial charge in [-0.3, -0.25) is 9.69 Å². The average Bonchev–Trinajstić information content (AvgIpc) is 3.14. The van der Waals surface area contributed by atoms with E-state index in [1.807, 2.05) is 18.2 Å². The van der Waals surface area contributed by atoms with Crippen LogP contribution in [0, 0.1) is 0 Å². The molecule has 1 aliphatic carbocycles. The van der Waals surface area contributed by atoms with E-state index in [4.69, 9.17) is 10.6 Å². The number of halogens is 1. The summed E-state index contributed by atoms with van der Waals surface area (Å²) in [6.45, 7) is 2.92. The highest BCUT2D eigenvalue weighted by Gasteiger charge is 2.49. The van der Waals surface area contributed by atoms with Gasteiger partial charge in [-0.05, 0) is 36.1 Å². The molecule has 34 heavy (non-hydrogen) atoms. The monoisotopic (exact) mass is 465 g/mol. The lowest BCUT2D eigenvalue weighted by atomic mass is 9.73. The van der Waals surface area contributed by atoms with Gasteiger partial charge < -0.3 is 15.5 Å². The van der Waals surface area contributed by atoms with Crippen molar-refractivity contribution < 1.29 is 14.0 Å². The largest absolute Gasteiger partial charge is 0.399 e. The molecule has 0 unspecified atom stereocenters. The molecule has 8 heteroatoms. The predicted molar refractivity (Wildman–Crippen MR) is 129 cm³/mol. The number of fused-ring (bicyclic) bond motifs is 2. The third kappa shape index (κ3) is 4.15. The highest BCUT2D eigenvalue weighted by atomic mass is 19.1. The molecule has 1 spiro atoms. The van der Waals surface area contributed by atoms with Crippen molar-refractivity contribution in [3.8, 4) is 0 Å². The van der Waals surface area contributed by atoms with Crippen LogP contribution in [0.3, 0.4) is 0 Å². The number of nitrogen functional groups attached to an aromatic ring is 1. The number of benzene rings is 1. The van der Waals surface area contributed by atoms with E-state index in [2.05, 4.69) is 33.2 Å². The standard InChI is InChI=1S/C26H32FN5O2/c1-34-30-22-17-25(21-5-3-2-4-20(21)22)7-14-32(15-8-25)24(33)26(27)9-12-31(13-10-26)18-19-6-11-29-23(28)16-19/h2-6,11,16H,7-10,12-15,17-18H2,1H3,(H2,28,29)/b30-22+. The van der Waals surface area contributed by atoms with Gasteiger partial charge in [-0.2, -0.15) is 0 Å². The fraction of sp³-hybridized carbons (Fsp3) is 0.500. The number of anilines is 1. The van der Waals surface area contributed by atoms with Crippen molar-refractivity contribution in [3.05, 3.63) is 59.3 Å².